The van der Waals surface area contributed by atoms with Gasteiger partial charge >= 0.3 is 5.97 Å². The van der Waals surface area contributed by atoms with Crippen molar-refractivity contribution in [3.05, 3.63) is 71.3 Å². The highest BCUT2D eigenvalue weighted by atomic mass is 32.2. The Kier molecular flexibility index (Phi) is 5.37. The highest BCUT2D eigenvalue weighted by molar-refractivity contribution is 7.92. The van der Waals surface area contributed by atoms with Gasteiger partial charge in [0.2, 0.25) is 0 Å². The van der Waals surface area contributed by atoms with E-state index in [9.17, 15) is 18.3 Å². The molecule has 0 radical (unpaired) electrons. The summed E-state index contributed by atoms with van der Waals surface area (Å²) in [6.07, 6.45) is 5.96. The van der Waals surface area contributed by atoms with Crippen molar-refractivity contribution >= 4 is 21.7 Å². The predicted molar refractivity (Wildman–Crippen MR) is 106 cm³/mol. The SMILES string of the molecule is Cc1ccc(S(=O)(=O)N(CC(=O)O)c2c(C)cccc2[C@@H]2C=CCC2)cc1. The van der Waals surface area contributed by atoms with Gasteiger partial charge in [0.15, 0.2) is 0 Å². The van der Waals surface area contributed by atoms with Crippen molar-refractivity contribution < 1.29 is 18.3 Å². The second kappa shape index (κ2) is 7.56. The van der Waals surface area contributed by atoms with Gasteiger partial charge < -0.3 is 5.11 Å². The Morgan fingerprint density at radius 1 is 1.15 bits per heavy atom. The topological polar surface area (TPSA) is 74.7 Å². The van der Waals surface area contributed by atoms with Crippen molar-refractivity contribution in [2.24, 2.45) is 0 Å². The van der Waals surface area contributed by atoms with Crippen LogP contribution in [0.4, 0.5) is 5.69 Å². The highest BCUT2D eigenvalue weighted by Crippen LogP contribution is 2.39. The summed E-state index contributed by atoms with van der Waals surface area (Å²) in [5.41, 5.74) is 2.99. The average Bonchev–Trinajstić information content (AvgIpc) is 3.14. The minimum absolute atomic E-state index is 0.0874. The predicted octanol–water partition coefficient (Wildman–Crippen LogP) is 4.02. The molecule has 1 aliphatic rings. The Morgan fingerprint density at radius 2 is 1.85 bits per heavy atom. The molecule has 1 aliphatic carbocycles. The number of para-hydroxylation sites is 1. The summed E-state index contributed by atoms with van der Waals surface area (Å²) in [4.78, 5) is 11.6. The molecule has 6 heteroatoms. The molecule has 2 aromatic carbocycles. The van der Waals surface area contributed by atoms with Crippen LogP contribution in [0.5, 0.6) is 0 Å². The Morgan fingerprint density at radius 3 is 2.44 bits per heavy atom. The fourth-order valence-corrected chi connectivity index (χ4v) is 4.96. The van der Waals surface area contributed by atoms with Gasteiger partial charge in [0.1, 0.15) is 6.54 Å². The minimum Gasteiger partial charge on any atom is -0.480 e. The third kappa shape index (κ3) is 3.90. The molecule has 2 aromatic rings. The standard InChI is InChI=1S/C21H23NO4S/c1-15-10-12-18(13-11-15)27(25,26)22(14-20(23)24)21-16(2)6-5-9-19(21)17-7-3-4-8-17/h3,5-7,9-13,17H,4,8,14H2,1-2H3,(H,23,24)/t17-/m1/s1. The zero-order valence-corrected chi connectivity index (χ0v) is 16.2. The maximum Gasteiger partial charge on any atom is 0.324 e. The summed E-state index contributed by atoms with van der Waals surface area (Å²) in [6.45, 7) is 3.07. The zero-order valence-electron chi connectivity index (χ0n) is 15.4. The number of allylic oxidation sites excluding steroid dienone is 2. The van der Waals surface area contributed by atoms with Gasteiger partial charge in [-0.15, -0.1) is 0 Å². The van der Waals surface area contributed by atoms with E-state index in [-0.39, 0.29) is 10.8 Å². The molecule has 0 spiro atoms. The van der Waals surface area contributed by atoms with Crippen LogP contribution in [0.1, 0.15) is 35.4 Å². The quantitative estimate of drug-likeness (QED) is 0.762. The number of carboxylic acids is 1. The molecule has 142 valence electrons. The van der Waals surface area contributed by atoms with Crippen LogP contribution < -0.4 is 4.31 Å². The molecule has 3 rings (SSSR count). The average molecular weight is 385 g/mol. The van der Waals surface area contributed by atoms with Gasteiger partial charge in [-0.3, -0.25) is 9.10 Å². The van der Waals surface area contributed by atoms with Gasteiger partial charge in [0.05, 0.1) is 10.6 Å². The van der Waals surface area contributed by atoms with Crippen LogP contribution in [-0.4, -0.2) is 26.0 Å². The Bertz CT molecular complexity index is 978. The molecule has 0 aliphatic heterocycles. The van der Waals surface area contributed by atoms with Gasteiger partial charge in [-0.25, -0.2) is 8.42 Å². The lowest BCUT2D eigenvalue weighted by molar-refractivity contribution is -0.135. The largest absolute Gasteiger partial charge is 0.480 e. The van der Waals surface area contributed by atoms with Gasteiger partial charge in [0.25, 0.3) is 10.0 Å². The molecule has 0 saturated heterocycles. The molecule has 0 unspecified atom stereocenters. The summed E-state index contributed by atoms with van der Waals surface area (Å²) in [7, 11) is -4.01. The van der Waals surface area contributed by atoms with E-state index < -0.39 is 22.5 Å². The maximum atomic E-state index is 13.3. The van der Waals surface area contributed by atoms with Crippen LogP contribution in [0.2, 0.25) is 0 Å². The molecule has 0 bridgehead atoms. The summed E-state index contributed by atoms with van der Waals surface area (Å²) in [6, 6.07) is 12.1. The van der Waals surface area contributed by atoms with Crippen LogP contribution in [-0.2, 0) is 14.8 Å². The van der Waals surface area contributed by atoms with E-state index in [0.29, 0.717) is 5.69 Å². The fraction of sp³-hybridized carbons (Fsp3) is 0.286. The first-order valence-corrected chi connectivity index (χ1v) is 10.3. The number of carboxylic acid groups (broad SMARTS) is 1. The second-order valence-electron chi connectivity index (χ2n) is 6.84. The maximum absolute atomic E-state index is 13.3. The molecule has 0 saturated carbocycles. The Labute approximate surface area is 160 Å². The Balaban J connectivity index is 2.18. The van der Waals surface area contributed by atoms with Crippen molar-refractivity contribution in [3.8, 4) is 0 Å². The molecule has 5 nitrogen and oxygen atoms in total. The van der Waals surface area contributed by atoms with Gasteiger partial charge in [0, 0.05) is 5.92 Å². The first-order valence-electron chi connectivity index (χ1n) is 8.88. The first-order chi connectivity index (χ1) is 12.8. The smallest absolute Gasteiger partial charge is 0.324 e. The monoisotopic (exact) mass is 385 g/mol. The zero-order chi connectivity index (χ0) is 19.6. The van der Waals surface area contributed by atoms with Gasteiger partial charge in [-0.2, -0.15) is 0 Å². The third-order valence-corrected chi connectivity index (χ3v) is 6.58. The number of sulfonamides is 1. The van der Waals surface area contributed by atoms with Crippen molar-refractivity contribution in [1.82, 2.24) is 0 Å². The second-order valence-corrected chi connectivity index (χ2v) is 8.71. The van der Waals surface area contributed by atoms with Crippen molar-refractivity contribution in [3.63, 3.8) is 0 Å². The van der Waals surface area contributed by atoms with E-state index in [1.807, 2.05) is 32.0 Å². The van der Waals surface area contributed by atoms with Crippen molar-refractivity contribution in [2.45, 2.75) is 37.5 Å². The van der Waals surface area contributed by atoms with E-state index in [2.05, 4.69) is 12.2 Å². The van der Waals surface area contributed by atoms with Crippen LogP contribution in [0.25, 0.3) is 0 Å². The number of rotatable bonds is 6. The summed E-state index contributed by atoms with van der Waals surface area (Å²) < 4.78 is 27.7. The Hall–Kier alpha value is -2.60. The van der Waals surface area contributed by atoms with Crippen molar-refractivity contribution in [1.29, 1.82) is 0 Å². The lowest BCUT2D eigenvalue weighted by atomic mass is 9.94. The summed E-state index contributed by atoms with van der Waals surface area (Å²) in [5.74, 6) is -1.11. The number of hydrogen-bond acceptors (Lipinski definition) is 3. The molecule has 0 aromatic heterocycles. The first kappa shape index (κ1) is 19.2. The number of nitrogens with zero attached hydrogens (tertiary/aromatic N) is 1. The van der Waals surface area contributed by atoms with Gasteiger partial charge in [-0.1, -0.05) is 48.0 Å². The minimum atomic E-state index is -4.01. The number of benzene rings is 2. The van der Waals surface area contributed by atoms with Crippen LogP contribution in [0.15, 0.2) is 59.5 Å². The molecular formula is C21H23NO4S. The van der Waals surface area contributed by atoms with E-state index in [4.69, 9.17) is 0 Å². The summed E-state index contributed by atoms with van der Waals surface area (Å²) in [5, 5.41) is 9.43. The van der Waals surface area contributed by atoms with Crippen LogP contribution in [0, 0.1) is 13.8 Å². The van der Waals surface area contributed by atoms with E-state index in [1.165, 1.54) is 12.1 Å². The molecule has 0 heterocycles. The molecule has 1 N–H and O–H groups in total. The lowest BCUT2D eigenvalue weighted by Gasteiger charge is -2.28. The highest BCUT2D eigenvalue weighted by Gasteiger charge is 2.31. The molecular weight excluding hydrogens is 362 g/mol. The van der Waals surface area contributed by atoms with Gasteiger partial charge in [-0.05, 0) is 49.9 Å². The van der Waals surface area contributed by atoms with Crippen LogP contribution in [0.3, 0.4) is 0 Å². The molecule has 0 amide bonds. The van der Waals surface area contributed by atoms with E-state index in [1.54, 1.807) is 12.1 Å². The number of carbonyl (C=O) groups is 1. The summed E-state index contributed by atoms with van der Waals surface area (Å²) >= 11 is 0. The van der Waals surface area contributed by atoms with E-state index >= 15 is 0 Å². The molecule has 1 atom stereocenters. The van der Waals surface area contributed by atoms with Crippen molar-refractivity contribution in [2.75, 3.05) is 10.8 Å². The fourth-order valence-electron chi connectivity index (χ4n) is 3.46. The number of aryl methyl sites for hydroxylation is 2. The lowest BCUT2D eigenvalue weighted by Crippen LogP contribution is -2.37. The van der Waals surface area contributed by atoms with E-state index in [0.717, 1.165) is 33.8 Å². The number of hydrogen-bond donors (Lipinski definition) is 1. The number of aliphatic carboxylic acids is 1. The van der Waals surface area contributed by atoms with Crippen LogP contribution >= 0.6 is 0 Å². The third-order valence-electron chi connectivity index (χ3n) is 4.82. The molecule has 0 fully saturated rings. The molecule has 27 heavy (non-hydrogen) atoms. The normalized spacial score (nSPS) is 16.4. The number of anilines is 1.